The summed E-state index contributed by atoms with van der Waals surface area (Å²) in [5, 5.41) is 8.23. The van der Waals surface area contributed by atoms with Crippen LogP contribution in [-0.4, -0.2) is 26.7 Å². The number of rotatable bonds is 6. The molecule has 0 fully saturated rings. The molecule has 0 bridgehead atoms. The minimum absolute atomic E-state index is 0.0324. The Balaban J connectivity index is 1.63. The van der Waals surface area contributed by atoms with Gasteiger partial charge in [-0.1, -0.05) is 18.7 Å². The molecule has 2 aromatic carbocycles. The predicted octanol–water partition coefficient (Wildman–Crippen LogP) is 5.28. The van der Waals surface area contributed by atoms with E-state index >= 15 is 0 Å². The van der Waals surface area contributed by atoms with Gasteiger partial charge in [0.1, 0.15) is 11.4 Å². The van der Waals surface area contributed by atoms with E-state index < -0.39 is 23.5 Å². The summed E-state index contributed by atoms with van der Waals surface area (Å²) in [6, 6.07) is 9.85. The highest BCUT2D eigenvalue weighted by Crippen LogP contribution is 2.36. The fourth-order valence-electron chi connectivity index (χ4n) is 3.86. The van der Waals surface area contributed by atoms with Gasteiger partial charge in [0.2, 0.25) is 17.8 Å². The van der Waals surface area contributed by atoms with Crippen molar-refractivity contribution in [1.82, 2.24) is 14.9 Å². The maximum absolute atomic E-state index is 13.7. The fourth-order valence-corrected chi connectivity index (χ4v) is 3.86. The van der Waals surface area contributed by atoms with E-state index in [1.165, 1.54) is 13.0 Å². The number of halogens is 3. The first-order chi connectivity index (χ1) is 17.0. The molecular formula is C25H23F3N6O2. The van der Waals surface area contributed by atoms with Crippen molar-refractivity contribution >= 4 is 40.6 Å². The van der Waals surface area contributed by atoms with Crippen LogP contribution < -0.4 is 16.0 Å². The second-order valence-electron chi connectivity index (χ2n) is 8.23. The van der Waals surface area contributed by atoms with Crippen molar-refractivity contribution in [3.63, 3.8) is 0 Å². The minimum Gasteiger partial charge on any atom is -0.339 e. The molecule has 1 aliphatic rings. The third kappa shape index (κ3) is 5.29. The van der Waals surface area contributed by atoms with Gasteiger partial charge in [-0.05, 0) is 54.0 Å². The average Bonchev–Trinajstić information content (AvgIpc) is 3.26. The van der Waals surface area contributed by atoms with E-state index in [9.17, 15) is 22.8 Å². The third-order valence-electron chi connectivity index (χ3n) is 5.77. The van der Waals surface area contributed by atoms with E-state index in [4.69, 9.17) is 0 Å². The van der Waals surface area contributed by atoms with Crippen LogP contribution >= 0.6 is 0 Å². The maximum atomic E-state index is 13.7. The Morgan fingerprint density at radius 2 is 1.86 bits per heavy atom. The summed E-state index contributed by atoms with van der Waals surface area (Å²) < 4.78 is 41.0. The Kier molecular flexibility index (Phi) is 6.65. The zero-order valence-corrected chi connectivity index (χ0v) is 19.5. The van der Waals surface area contributed by atoms with Crippen LogP contribution in [0.1, 0.15) is 29.2 Å². The van der Waals surface area contributed by atoms with Crippen molar-refractivity contribution in [2.75, 3.05) is 16.0 Å². The van der Waals surface area contributed by atoms with Crippen LogP contribution in [-0.2, 0) is 28.9 Å². The normalized spacial score (nSPS) is 12.6. The molecule has 0 atom stereocenters. The third-order valence-corrected chi connectivity index (χ3v) is 5.77. The van der Waals surface area contributed by atoms with E-state index in [2.05, 4.69) is 32.5 Å². The molecule has 11 heteroatoms. The molecule has 2 heterocycles. The van der Waals surface area contributed by atoms with Crippen molar-refractivity contribution in [2.24, 2.45) is 0 Å². The molecule has 2 amide bonds. The lowest BCUT2D eigenvalue weighted by atomic mass is 10.0. The SMILES string of the molecule is C=CC(=O)Nc1cccc(Nc2nc(Nc3ccc4c(c3C)CN(C(C)=O)C4)ncc2C(F)(F)F)c1. The van der Waals surface area contributed by atoms with Crippen LogP contribution in [0.3, 0.4) is 0 Å². The molecule has 36 heavy (non-hydrogen) atoms. The summed E-state index contributed by atoms with van der Waals surface area (Å²) in [7, 11) is 0. The zero-order valence-electron chi connectivity index (χ0n) is 19.5. The fraction of sp³-hybridized carbons (Fsp3) is 0.200. The number of benzene rings is 2. The number of carbonyl (C=O) groups excluding carboxylic acids is 2. The molecular weight excluding hydrogens is 473 g/mol. The first kappa shape index (κ1) is 24.7. The number of anilines is 5. The second kappa shape index (κ2) is 9.68. The lowest BCUT2D eigenvalue weighted by molar-refractivity contribution is -0.137. The molecule has 0 radical (unpaired) electrons. The molecule has 8 nitrogen and oxygen atoms in total. The summed E-state index contributed by atoms with van der Waals surface area (Å²) >= 11 is 0. The molecule has 0 saturated carbocycles. The van der Waals surface area contributed by atoms with E-state index in [-0.39, 0.29) is 17.5 Å². The van der Waals surface area contributed by atoms with Gasteiger partial charge in [-0.15, -0.1) is 0 Å². The number of nitrogens with one attached hydrogen (secondary N) is 3. The van der Waals surface area contributed by atoms with Crippen LogP contribution in [0.5, 0.6) is 0 Å². The van der Waals surface area contributed by atoms with Gasteiger partial charge in [-0.25, -0.2) is 4.98 Å². The van der Waals surface area contributed by atoms with Gasteiger partial charge in [-0.3, -0.25) is 9.59 Å². The quantitative estimate of drug-likeness (QED) is 0.402. The van der Waals surface area contributed by atoms with Gasteiger partial charge in [0.15, 0.2) is 0 Å². The van der Waals surface area contributed by atoms with Crippen LogP contribution in [0.25, 0.3) is 0 Å². The summed E-state index contributed by atoms with van der Waals surface area (Å²) in [6.45, 7) is 7.73. The molecule has 3 aromatic rings. The van der Waals surface area contributed by atoms with Crippen LogP contribution in [0.2, 0.25) is 0 Å². The number of carbonyl (C=O) groups is 2. The monoisotopic (exact) mass is 496 g/mol. The highest BCUT2D eigenvalue weighted by molar-refractivity contribution is 5.99. The first-order valence-electron chi connectivity index (χ1n) is 10.9. The lowest BCUT2D eigenvalue weighted by Crippen LogP contribution is -2.21. The van der Waals surface area contributed by atoms with Crippen molar-refractivity contribution in [3.8, 4) is 0 Å². The molecule has 0 aliphatic carbocycles. The minimum atomic E-state index is -4.70. The van der Waals surface area contributed by atoms with Crippen molar-refractivity contribution in [3.05, 3.63) is 77.5 Å². The molecule has 0 spiro atoms. The van der Waals surface area contributed by atoms with Gasteiger partial charge < -0.3 is 20.9 Å². The number of alkyl halides is 3. The molecule has 186 valence electrons. The number of nitrogens with zero attached hydrogens (tertiary/aromatic N) is 3. The van der Waals surface area contributed by atoms with Crippen LogP contribution in [0, 0.1) is 6.92 Å². The standard InChI is InChI=1S/C25H23F3N6O2/c1-4-22(36)30-17-6-5-7-18(10-17)31-23-20(25(26,27)28)11-29-24(33-23)32-21-9-8-16-12-34(15(3)35)13-19(16)14(21)2/h4-11H,1,12-13H2,2-3H3,(H,30,36)(H2,29,31,32,33). The van der Waals surface area contributed by atoms with Crippen LogP contribution in [0.15, 0.2) is 55.3 Å². The first-order valence-corrected chi connectivity index (χ1v) is 10.9. The number of hydrogen-bond donors (Lipinski definition) is 3. The Labute approximate surface area is 205 Å². The number of hydrogen-bond acceptors (Lipinski definition) is 6. The molecule has 0 saturated heterocycles. The van der Waals surface area contributed by atoms with Gasteiger partial charge in [0, 0.05) is 43.3 Å². The van der Waals surface area contributed by atoms with Gasteiger partial charge >= 0.3 is 6.18 Å². The number of amides is 2. The Hall–Kier alpha value is -4.41. The van der Waals surface area contributed by atoms with Crippen molar-refractivity contribution in [2.45, 2.75) is 33.1 Å². The largest absolute Gasteiger partial charge is 0.421 e. The number of aromatic nitrogens is 2. The van der Waals surface area contributed by atoms with Gasteiger partial charge in [0.05, 0.1) is 0 Å². The maximum Gasteiger partial charge on any atom is 0.421 e. The van der Waals surface area contributed by atoms with E-state index in [1.54, 1.807) is 29.2 Å². The van der Waals surface area contributed by atoms with Crippen LogP contribution in [0.4, 0.5) is 42.0 Å². The van der Waals surface area contributed by atoms with E-state index in [0.717, 1.165) is 22.8 Å². The molecule has 1 aromatic heterocycles. The topological polar surface area (TPSA) is 99.2 Å². The molecule has 1 aliphatic heterocycles. The molecule has 3 N–H and O–H groups in total. The lowest BCUT2D eigenvalue weighted by Gasteiger charge is -2.16. The van der Waals surface area contributed by atoms with Crippen molar-refractivity contribution in [1.29, 1.82) is 0 Å². The second-order valence-corrected chi connectivity index (χ2v) is 8.23. The highest BCUT2D eigenvalue weighted by Gasteiger charge is 2.35. The summed E-state index contributed by atoms with van der Waals surface area (Å²) in [4.78, 5) is 33.0. The summed E-state index contributed by atoms with van der Waals surface area (Å²) in [5.41, 5.74) is 3.10. The van der Waals surface area contributed by atoms with Gasteiger partial charge in [-0.2, -0.15) is 18.2 Å². The molecule has 0 unspecified atom stereocenters. The highest BCUT2D eigenvalue weighted by atomic mass is 19.4. The van der Waals surface area contributed by atoms with Crippen molar-refractivity contribution < 1.29 is 22.8 Å². The average molecular weight is 496 g/mol. The summed E-state index contributed by atoms with van der Waals surface area (Å²) in [6.07, 6.45) is -2.90. The predicted molar refractivity (Wildman–Crippen MR) is 130 cm³/mol. The van der Waals surface area contributed by atoms with E-state index in [1.807, 2.05) is 13.0 Å². The Morgan fingerprint density at radius 3 is 2.56 bits per heavy atom. The smallest absolute Gasteiger partial charge is 0.339 e. The molecule has 4 rings (SSSR count). The van der Waals surface area contributed by atoms with Gasteiger partial charge in [0.25, 0.3) is 0 Å². The number of fused-ring (bicyclic) bond motifs is 1. The Bertz CT molecular complexity index is 1360. The van der Waals surface area contributed by atoms with E-state index in [0.29, 0.717) is 30.7 Å². The summed E-state index contributed by atoms with van der Waals surface area (Å²) in [5.74, 6) is -0.970. The Morgan fingerprint density at radius 1 is 1.11 bits per heavy atom. The zero-order chi connectivity index (χ0) is 26.0.